The molecule has 168 valence electrons. The van der Waals surface area contributed by atoms with E-state index in [1.54, 1.807) is 26.0 Å². The van der Waals surface area contributed by atoms with Gasteiger partial charge in [0.05, 0.1) is 11.2 Å². The number of aliphatic hydroxyl groups is 1. The molecule has 0 saturated carbocycles. The van der Waals surface area contributed by atoms with E-state index in [0.29, 0.717) is 11.3 Å². The standard InChI is InChI=1S/C25H26O7/c1-12(2)5-6-14-17(26)10-19-21(23(14)28)24(29)16(11-31-19)13-7-8-18-15(22(13)27)9-20(32-18)25(3,4)30/h5,7-8,10-11,20,26-28,30H,6,9H2,1-4H3. The van der Waals surface area contributed by atoms with Crippen LogP contribution in [-0.2, 0) is 12.8 Å². The first-order valence-corrected chi connectivity index (χ1v) is 10.4. The van der Waals surface area contributed by atoms with E-state index in [4.69, 9.17) is 9.15 Å². The third-order valence-electron chi connectivity index (χ3n) is 5.81. The van der Waals surface area contributed by atoms with Gasteiger partial charge in [0.25, 0.3) is 0 Å². The molecule has 1 aliphatic rings. The Bertz CT molecular complexity index is 1300. The van der Waals surface area contributed by atoms with Crippen molar-refractivity contribution in [1.29, 1.82) is 0 Å². The Morgan fingerprint density at radius 1 is 1.16 bits per heavy atom. The number of benzene rings is 2. The molecule has 3 aromatic rings. The van der Waals surface area contributed by atoms with Crippen molar-refractivity contribution in [1.82, 2.24) is 0 Å². The van der Waals surface area contributed by atoms with E-state index in [2.05, 4.69) is 0 Å². The van der Waals surface area contributed by atoms with Gasteiger partial charge >= 0.3 is 0 Å². The largest absolute Gasteiger partial charge is 0.507 e. The average Bonchev–Trinajstić information content (AvgIpc) is 3.14. The summed E-state index contributed by atoms with van der Waals surface area (Å²) in [5.41, 5.74) is 0.422. The number of ether oxygens (including phenoxy) is 1. The molecule has 4 rings (SSSR count). The van der Waals surface area contributed by atoms with Crippen LogP contribution < -0.4 is 10.2 Å². The molecule has 7 heteroatoms. The number of aromatic hydroxyl groups is 3. The van der Waals surface area contributed by atoms with Gasteiger partial charge in [-0.1, -0.05) is 11.6 Å². The minimum absolute atomic E-state index is 0.0424. The zero-order valence-corrected chi connectivity index (χ0v) is 18.4. The highest BCUT2D eigenvalue weighted by Gasteiger charge is 2.37. The molecular weight excluding hydrogens is 412 g/mol. The zero-order chi connectivity index (χ0) is 23.4. The third-order valence-corrected chi connectivity index (χ3v) is 5.81. The van der Waals surface area contributed by atoms with E-state index in [1.165, 1.54) is 12.3 Å². The van der Waals surface area contributed by atoms with Gasteiger partial charge in [0.1, 0.15) is 46.3 Å². The lowest BCUT2D eigenvalue weighted by molar-refractivity contribution is -0.0229. The normalized spacial score (nSPS) is 15.5. The molecule has 2 heterocycles. The zero-order valence-electron chi connectivity index (χ0n) is 18.4. The highest BCUT2D eigenvalue weighted by Crippen LogP contribution is 2.44. The van der Waals surface area contributed by atoms with Gasteiger partial charge in [-0.25, -0.2) is 0 Å². The van der Waals surface area contributed by atoms with E-state index in [1.807, 2.05) is 19.9 Å². The van der Waals surface area contributed by atoms with E-state index in [9.17, 15) is 25.2 Å². The summed E-state index contributed by atoms with van der Waals surface area (Å²) < 4.78 is 11.3. The predicted octanol–water partition coefficient (Wildman–Crippen LogP) is 4.16. The molecule has 4 N–H and O–H groups in total. The summed E-state index contributed by atoms with van der Waals surface area (Å²) in [6, 6.07) is 4.48. The quantitative estimate of drug-likeness (QED) is 0.452. The number of allylic oxidation sites excluding steroid dienone is 2. The van der Waals surface area contributed by atoms with E-state index < -0.39 is 17.1 Å². The van der Waals surface area contributed by atoms with Crippen LogP contribution >= 0.6 is 0 Å². The first-order chi connectivity index (χ1) is 15.0. The van der Waals surface area contributed by atoms with Gasteiger partial charge < -0.3 is 29.6 Å². The highest BCUT2D eigenvalue weighted by atomic mass is 16.5. The van der Waals surface area contributed by atoms with Gasteiger partial charge in [-0.3, -0.25) is 4.79 Å². The fourth-order valence-corrected chi connectivity index (χ4v) is 3.91. The lowest BCUT2D eigenvalue weighted by atomic mass is 9.94. The van der Waals surface area contributed by atoms with Gasteiger partial charge in [0.2, 0.25) is 5.43 Å². The van der Waals surface area contributed by atoms with Crippen molar-refractivity contribution in [2.45, 2.75) is 52.2 Å². The fraction of sp³-hybridized carbons (Fsp3) is 0.320. The molecule has 1 aromatic heterocycles. The second kappa shape index (κ2) is 7.60. The monoisotopic (exact) mass is 438 g/mol. The first kappa shape index (κ1) is 21.8. The van der Waals surface area contributed by atoms with Gasteiger partial charge in [-0.2, -0.15) is 0 Å². The van der Waals surface area contributed by atoms with E-state index in [0.717, 1.165) is 5.57 Å². The Morgan fingerprint density at radius 2 is 1.88 bits per heavy atom. The van der Waals surface area contributed by atoms with Crippen LogP contribution in [0.5, 0.6) is 23.0 Å². The summed E-state index contributed by atoms with van der Waals surface area (Å²) in [6.45, 7) is 7.05. The van der Waals surface area contributed by atoms with Crippen molar-refractivity contribution in [2.24, 2.45) is 0 Å². The smallest absolute Gasteiger partial charge is 0.204 e. The van der Waals surface area contributed by atoms with Crippen LogP contribution in [0.15, 0.2) is 45.3 Å². The lowest BCUT2D eigenvalue weighted by Gasteiger charge is -2.24. The van der Waals surface area contributed by atoms with Gasteiger partial charge in [0, 0.05) is 29.2 Å². The number of rotatable bonds is 4. The van der Waals surface area contributed by atoms with Crippen molar-refractivity contribution in [3.8, 4) is 34.1 Å². The molecule has 0 spiro atoms. The van der Waals surface area contributed by atoms with Crippen molar-refractivity contribution in [2.75, 3.05) is 0 Å². The summed E-state index contributed by atoms with van der Waals surface area (Å²) in [5, 5.41) is 42.2. The summed E-state index contributed by atoms with van der Waals surface area (Å²) in [7, 11) is 0. The second-order valence-electron chi connectivity index (χ2n) is 8.96. The SMILES string of the molecule is CC(C)=CCc1c(O)cc2occ(-c3ccc4c(c3O)CC(C(C)(C)O)O4)c(=O)c2c1O. The molecule has 0 fully saturated rings. The maximum absolute atomic E-state index is 13.3. The molecule has 0 bridgehead atoms. The minimum atomic E-state index is -1.11. The molecule has 2 aromatic carbocycles. The van der Waals surface area contributed by atoms with Crippen LogP contribution in [-0.4, -0.2) is 32.1 Å². The Balaban J connectivity index is 1.86. The second-order valence-corrected chi connectivity index (χ2v) is 8.96. The summed E-state index contributed by atoms with van der Waals surface area (Å²) in [4.78, 5) is 13.3. The van der Waals surface area contributed by atoms with Crippen molar-refractivity contribution < 1.29 is 29.6 Å². The molecule has 0 radical (unpaired) electrons. The van der Waals surface area contributed by atoms with Crippen molar-refractivity contribution in [3.63, 3.8) is 0 Å². The topological polar surface area (TPSA) is 120 Å². The molecule has 7 nitrogen and oxygen atoms in total. The van der Waals surface area contributed by atoms with E-state index in [-0.39, 0.29) is 57.7 Å². The van der Waals surface area contributed by atoms with Crippen LogP contribution in [0.1, 0.15) is 38.8 Å². The summed E-state index contributed by atoms with van der Waals surface area (Å²) in [5.74, 6) is -0.206. The predicted molar refractivity (Wildman–Crippen MR) is 120 cm³/mol. The molecule has 1 atom stereocenters. The van der Waals surface area contributed by atoms with Crippen LogP contribution in [0.2, 0.25) is 0 Å². The van der Waals surface area contributed by atoms with Crippen LogP contribution in [0.25, 0.3) is 22.1 Å². The summed E-state index contributed by atoms with van der Waals surface area (Å²) >= 11 is 0. The number of hydrogen-bond acceptors (Lipinski definition) is 7. The Kier molecular flexibility index (Phi) is 5.17. The average molecular weight is 438 g/mol. The molecule has 1 aliphatic heterocycles. The van der Waals surface area contributed by atoms with Crippen molar-refractivity contribution in [3.05, 3.63) is 57.5 Å². The van der Waals surface area contributed by atoms with Crippen LogP contribution in [0.3, 0.4) is 0 Å². The Morgan fingerprint density at radius 3 is 2.53 bits per heavy atom. The Labute approximate surface area is 184 Å². The maximum Gasteiger partial charge on any atom is 0.204 e. The van der Waals surface area contributed by atoms with E-state index >= 15 is 0 Å². The van der Waals surface area contributed by atoms with Crippen LogP contribution in [0.4, 0.5) is 0 Å². The highest BCUT2D eigenvalue weighted by molar-refractivity contribution is 5.90. The molecule has 32 heavy (non-hydrogen) atoms. The molecule has 0 amide bonds. The van der Waals surface area contributed by atoms with Crippen molar-refractivity contribution >= 4 is 11.0 Å². The maximum atomic E-state index is 13.3. The minimum Gasteiger partial charge on any atom is -0.507 e. The lowest BCUT2D eigenvalue weighted by Crippen LogP contribution is -2.39. The third kappa shape index (κ3) is 3.58. The first-order valence-electron chi connectivity index (χ1n) is 10.4. The van der Waals surface area contributed by atoms with Gasteiger partial charge in [-0.05, 0) is 46.2 Å². The molecule has 0 saturated heterocycles. The number of phenols is 3. The number of hydrogen-bond donors (Lipinski definition) is 4. The Hall–Kier alpha value is -3.45. The van der Waals surface area contributed by atoms with Gasteiger partial charge in [-0.15, -0.1) is 0 Å². The summed E-state index contributed by atoms with van der Waals surface area (Å²) in [6.07, 6.45) is 3.03. The molecule has 1 unspecified atom stereocenters. The molecule has 0 aliphatic carbocycles. The number of fused-ring (bicyclic) bond motifs is 2. The fourth-order valence-electron chi connectivity index (χ4n) is 3.91. The van der Waals surface area contributed by atoms with Crippen LogP contribution in [0, 0.1) is 0 Å². The number of phenolic OH excluding ortho intramolecular Hbond substituents is 3. The van der Waals surface area contributed by atoms with Gasteiger partial charge in [0.15, 0.2) is 0 Å². The molecular formula is C25H26O7.